The molecule has 8 nitrogen and oxygen atoms in total. The van der Waals surface area contributed by atoms with Crippen LogP contribution in [-0.2, 0) is 13.0 Å². The van der Waals surface area contributed by atoms with E-state index in [1.54, 1.807) is 18.8 Å². The van der Waals surface area contributed by atoms with Gasteiger partial charge in [0.05, 0.1) is 12.2 Å². The minimum atomic E-state index is 0. The van der Waals surface area contributed by atoms with Gasteiger partial charge in [-0.2, -0.15) is 0 Å². The molecule has 0 saturated heterocycles. The molecule has 0 atom stereocenters. The van der Waals surface area contributed by atoms with E-state index in [1.807, 2.05) is 13.8 Å². The number of nitrogens with one attached hydrogen (secondary N) is 2. The maximum Gasteiger partial charge on any atom is 0.214 e. The predicted octanol–water partition coefficient (Wildman–Crippen LogP) is 3.64. The zero-order valence-corrected chi connectivity index (χ0v) is 20.8. The van der Waals surface area contributed by atoms with Gasteiger partial charge in [0.2, 0.25) is 5.89 Å². The molecule has 0 amide bonds. The van der Waals surface area contributed by atoms with Crippen molar-refractivity contribution in [2.45, 2.75) is 70.1 Å². The topological polar surface area (TPSA) is 93.2 Å². The minimum absolute atomic E-state index is 0. The summed E-state index contributed by atoms with van der Waals surface area (Å²) in [6.07, 6.45) is 9.06. The molecular weight excluding hydrogens is 501 g/mol. The smallest absolute Gasteiger partial charge is 0.214 e. The van der Waals surface area contributed by atoms with Crippen LogP contribution in [0.15, 0.2) is 14.6 Å². The van der Waals surface area contributed by atoms with Crippen molar-refractivity contribution in [3.8, 4) is 0 Å². The van der Waals surface area contributed by atoms with Gasteiger partial charge in [0.15, 0.2) is 11.1 Å². The lowest BCUT2D eigenvalue weighted by Gasteiger charge is -2.16. The number of nitrogens with zero attached hydrogens (tertiary/aromatic N) is 5. The Morgan fingerprint density at radius 3 is 2.62 bits per heavy atom. The summed E-state index contributed by atoms with van der Waals surface area (Å²) in [5, 5.41) is 16.5. The molecule has 2 N–H and O–H groups in total. The molecule has 2 heterocycles. The average Bonchev–Trinajstić information content (AvgIpc) is 3.41. The van der Waals surface area contributed by atoms with Crippen molar-refractivity contribution in [3.63, 3.8) is 0 Å². The van der Waals surface area contributed by atoms with Crippen LogP contribution in [0, 0.1) is 13.8 Å². The summed E-state index contributed by atoms with van der Waals surface area (Å²) in [4.78, 5) is 8.64. The third-order valence-electron chi connectivity index (χ3n) is 5.18. The van der Waals surface area contributed by atoms with Gasteiger partial charge in [-0.3, -0.25) is 4.99 Å². The van der Waals surface area contributed by atoms with E-state index in [0.29, 0.717) is 18.5 Å². The summed E-state index contributed by atoms with van der Waals surface area (Å²) in [5.74, 6) is 3.38. The van der Waals surface area contributed by atoms with Crippen molar-refractivity contribution >= 4 is 41.7 Å². The minimum Gasteiger partial charge on any atom is -0.444 e. The van der Waals surface area contributed by atoms with Crippen LogP contribution >= 0.6 is 35.7 Å². The molecule has 162 valence electrons. The van der Waals surface area contributed by atoms with Gasteiger partial charge >= 0.3 is 0 Å². The molecule has 0 spiro atoms. The van der Waals surface area contributed by atoms with Gasteiger partial charge in [-0.25, -0.2) is 4.98 Å². The molecule has 1 aliphatic rings. The number of oxazole rings is 1. The van der Waals surface area contributed by atoms with Crippen LogP contribution in [-0.4, -0.2) is 45.6 Å². The Morgan fingerprint density at radius 1 is 1.24 bits per heavy atom. The van der Waals surface area contributed by atoms with E-state index in [0.717, 1.165) is 47.8 Å². The van der Waals surface area contributed by atoms with Crippen molar-refractivity contribution in [2.75, 3.05) is 19.8 Å². The number of halogens is 1. The quantitative estimate of drug-likeness (QED) is 0.176. The van der Waals surface area contributed by atoms with Gasteiger partial charge in [-0.15, -0.1) is 34.2 Å². The first kappa shape index (κ1) is 24.0. The van der Waals surface area contributed by atoms with E-state index in [-0.39, 0.29) is 24.0 Å². The molecule has 2 aromatic rings. The SMILES string of the molecule is CN=C(NCCCc1nnc(SC)n1C1CCCC1)NCc1nc(C)c(C)o1.I. The first-order valence-electron chi connectivity index (χ1n) is 9.97. The highest BCUT2D eigenvalue weighted by atomic mass is 127. The number of hydrogen-bond donors (Lipinski definition) is 2. The first-order valence-corrected chi connectivity index (χ1v) is 11.2. The molecule has 0 aliphatic heterocycles. The average molecular weight is 533 g/mol. The second-order valence-electron chi connectivity index (χ2n) is 7.12. The van der Waals surface area contributed by atoms with Crippen molar-refractivity contribution in [3.05, 3.63) is 23.2 Å². The van der Waals surface area contributed by atoms with Crippen molar-refractivity contribution in [2.24, 2.45) is 4.99 Å². The normalized spacial score (nSPS) is 14.8. The van der Waals surface area contributed by atoms with Gasteiger partial charge in [0, 0.05) is 26.1 Å². The van der Waals surface area contributed by atoms with Crippen LogP contribution < -0.4 is 10.6 Å². The maximum atomic E-state index is 5.59. The Kier molecular flexibility index (Phi) is 9.73. The van der Waals surface area contributed by atoms with Crippen molar-refractivity contribution < 1.29 is 4.42 Å². The number of aryl methyl sites for hydroxylation is 3. The van der Waals surface area contributed by atoms with E-state index >= 15 is 0 Å². The van der Waals surface area contributed by atoms with Crippen LogP contribution in [0.4, 0.5) is 0 Å². The molecule has 0 unspecified atom stereocenters. The summed E-state index contributed by atoms with van der Waals surface area (Å²) in [6, 6.07) is 0.572. The zero-order valence-electron chi connectivity index (χ0n) is 17.7. The highest BCUT2D eigenvalue weighted by Gasteiger charge is 2.23. The summed E-state index contributed by atoms with van der Waals surface area (Å²) in [6.45, 7) is 5.20. The molecule has 1 aliphatic carbocycles. The number of guanidine groups is 1. The van der Waals surface area contributed by atoms with Crippen LogP contribution in [0.1, 0.15) is 61.3 Å². The Morgan fingerprint density at radius 2 is 2.00 bits per heavy atom. The van der Waals surface area contributed by atoms with E-state index in [9.17, 15) is 0 Å². The third kappa shape index (κ3) is 6.34. The van der Waals surface area contributed by atoms with Crippen LogP contribution in [0.5, 0.6) is 0 Å². The van der Waals surface area contributed by atoms with Gasteiger partial charge in [-0.05, 0) is 39.4 Å². The van der Waals surface area contributed by atoms with Gasteiger partial charge < -0.3 is 19.6 Å². The number of rotatable bonds is 8. The fourth-order valence-electron chi connectivity index (χ4n) is 3.59. The lowest BCUT2D eigenvalue weighted by molar-refractivity contribution is 0.459. The van der Waals surface area contributed by atoms with E-state index < -0.39 is 0 Å². The molecule has 0 aromatic carbocycles. The lowest BCUT2D eigenvalue weighted by atomic mass is 10.2. The van der Waals surface area contributed by atoms with Gasteiger partial charge in [0.25, 0.3) is 0 Å². The fourth-order valence-corrected chi connectivity index (χ4v) is 4.17. The standard InChI is InChI=1S/C19H31N7OS.HI/c1-13-14(2)27-17(23-13)12-22-18(20-3)21-11-7-10-16-24-25-19(28-4)26(16)15-8-5-6-9-15;/h15H,5-12H2,1-4H3,(H2,20,21,22);1H. The van der Waals surface area contributed by atoms with Gasteiger partial charge in [0.1, 0.15) is 11.6 Å². The van der Waals surface area contributed by atoms with E-state index in [4.69, 9.17) is 4.42 Å². The highest BCUT2D eigenvalue weighted by molar-refractivity contribution is 14.0. The monoisotopic (exact) mass is 533 g/mol. The second kappa shape index (κ2) is 11.8. The molecule has 0 bridgehead atoms. The number of aliphatic imine (C=N–C) groups is 1. The summed E-state index contributed by atoms with van der Waals surface area (Å²) >= 11 is 1.69. The molecule has 1 saturated carbocycles. The molecule has 2 aromatic heterocycles. The number of thioether (sulfide) groups is 1. The number of hydrogen-bond acceptors (Lipinski definition) is 6. The zero-order chi connectivity index (χ0) is 19.9. The molecule has 0 radical (unpaired) electrons. The Bertz CT molecular complexity index is 779. The second-order valence-corrected chi connectivity index (χ2v) is 7.89. The maximum absolute atomic E-state index is 5.59. The number of aromatic nitrogens is 4. The van der Waals surface area contributed by atoms with E-state index in [1.165, 1.54) is 25.7 Å². The predicted molar refractivity (Wildman–Crippen MR) is 127 cm³/mol. The molecule has 1 fully saturated rings. The first-order chi connectivity index (χ1) is 13.6. The Balaban J connectivity index is 0.00000300. The Hall–Kier alpha value is -1.30. The van der Waals surface area contributed by atoms with Crippen LogP contribution in [0.3, 0.4) is 0 Å². The van der Waals surface area contributed by atoms with Crippen molar-refractivity contribution in [1.82, 2.24) is 30.4 Å². The molecule has 29 heavy (non-hydrogen) atoms. The molecule has 3 rings (SSSR count). The highest BCUT2D eigenvalue weighted by Crippen LogP contribution is 2.33. The summed E-state index contributed by atoms with van der Waals surface area (Å²) in [5.41, 5.74) is 0.927. The fraction of sp³-hybridized carbons (Fsp3) is 0.684. The van der Waals surface area contributed by atoms with Crippen LogP contribution in [0.25, 0.3) is 0 Å². The molecular formula is C19H32IN7OS. The van der Waals surface area contributed by atoms with Crippen molar-refractivity contribution in [1.29, 1.82) is 0 Å². The third-order valence-corrected chi connectivity index (χ3v) is 5.82. The van der Waals surface area contributed by atoms with E-state index in [2.05, 4.69) is 41.6 Å². The summed E-state index contributed by atoms with van der Waals surface area (Å²) < 4.78 is 7.96. The lowest BCUT2D eigenvalue weighted by Crippen LogP contribution is -2.37. The van der Waals surface area contributed by atoms with Gasteiger partial charge in [-0.1, -0.05) is 24.6 Å². The Labute approximate surface area is 194 Å². The van der Waals surface area contributed by atoms with Crippen LogP contribution in [0.2, 0.25) is 0 Å². The summed E-state index contributed by atoms with van der Waals surface area (Å²) in [7, 11) is 1.77. The largest absolute Gasteiger partial charge is 0.444 e. The molecule has 10 heteroatoms.